The van der Waals surface area contributed by atoms with Gasteiger partial charge in [-0.05, 0) is 55.3 Å². The molecule has 0 aliphatic rings. The largest absolute Gasteiger partial charge is 0.313 e. The molecule has 5 aromatic carbocycles. The van der Waals surface area contributed by atoms with E-state index >= 15 is 0 Å². The van der Waals surface area contributed by atoms with E-state index in [0.29, 0.717) is 5.82 Å². The second-order valence-electron chi connectivity index (χ2n) is 10.7. The molecule has 7 aromatic rings. The first-order chi connectivity index (χ1) is 21.2. The van der Waals surface area contributed by atoms with Gasteiger partial charge in [0.1, 0.15) is 0 Å². The van der Waals surface area contributed by atoms with Crippen molar-refractivity contribution in [2.75, 3.05) is 0 Å². The Morgan fingerprint density at radius 2 is 1.12 bits per heavy atom. The highest BCUT2D eigenvalue weighted by Crippen LogP contribution is 2.33. The number of fused-ring (bicyclic) bond motifs is 1. The Kier molecular flexibility index (Phi) is 6.98. The summed E-state index contributed by atoms with van der Waals surface area (Å²) in [5.74, 6) is 0.713. The van der Waals surface area contributed by atoms with Gasteiger partial charge in [0.05, 0.1) is 16.9 Å². The Labute approximate surface area is 252 Å². The maximum atomic E-state index is 5.02. The second-order valence-corrected chi connectivity index (χ2v) is 10.7. The third-order valence-corrected chi connectivity index (χ3v) is 7.94. The summed E-state index contributed by atoms with van der Waals surface area (Å²) in [6.45, 7) is 4.26. The molecule has 0 spiro atoms. The minimum atomic E-state index is 0.713. The van der Waals surface area contributed by atoms with Crippen LogP contribution in [0.1, 0.15) is 18.2 Å². The molecule has 0 amide bonds. The van der Waals surface area contributed by atoms with Gasteiger partial charge in [0, 0.05) is 39.0 Å². The number of hydrogen-bond donors (Lipinski definition) is 0. The van der Waals surface area contributed by atoms with Crippen LogP contribution in [0.3, 0.4) is 0 Å². The monoisotopic (exact) mass is 553 g/mol. The fourth-order valence-corrected chi connectivity index (χ4v) is 5.83. The molecule has 0 fully saturated rings. The van der Waals surface area contributed by atoms with Crippen LogP contribution < -0.4 is 0 Å². The van der Waals surface area contributed by atoms with E-state index in [1.165, 1.54) is 22.2 Å². The van der Waals surface area contributed by atoms with Crippen molar-refractivity contribution in [3.05, 3.63) is 157 Å². The Balaban J connectivity index is 1.28. The van der Waals surface area contributed by atoms with Crippen molar-refractivity contribution < 1.29 is 0 Å². The van der Waals surface area contributed by atoms with Gasteiger partial charge in [-0.15, -0.1) is 0 Å². The van der Waals surface area contributed by atoms with Crippen molar-refractivity contribution >= 4 is 17.0 Å². The number of hydrogen-bond acceptors (Lipinski definition) is 2. The zero-order chi connectivity index (χ0) is 29.2. The number of rotatable bonds is 6. The Bertz CT molecular complexity index is 2010. The molecule has 2 heterocycles. The van der Waals surface area contributed by atoms with Crippen molar-refractivity contribution in [3.63, 3.8) is 0 Å². The van der Waals surface area contributed by atoms with Crippen molar-refractivity contribution in [1.82, 2.24) is 14.5 Å². The van der Waals surface area contributed by atoms with Gasteiger partial charge in [-0.1, -0.05) is 121 Å². The van der Waals surface area contributed by atoms with Gasteiger partial charge in [0.25, 0.3) is 0 Å². The van der Waals surface area contributed by atoms with Crippen LogP contribution in [0.4, 0.5) is 0 Å². The van der Waals surface area contributed by atoms with Crippen molar-refractivity contribution in [3.8, 4) is 50.7 Å². The Hall–Kier alpha value is -5.54. The zero-order valence-electron chi connectivity index (χ0n) is 24.3. The normalized spacial score (nSPS) is 11.4. The molecule has 43 heavy (non-hydrogen) atoms. The second kappa shape index (κ2) is 11.4. The molecule has 0 saturated carbocycles. The molecule has 7 rings (SSSR count). The van der Waals surface area contributed by atoms with Gasteiger partial charge in [-0.3, -0.25) is 0 Å². The minimum absolute atomic E-state index is 0.713. The van der Waals surface area contributed by atoms with E-state index in [4.69, 9.17) is 9.97 Å². The highest BCUT2D eigenvalue weighted by molar-refractivity contribution is 5.92. The molecule has 0 unspecified atom stereocenters. The van der Waals surface area contributed by atoms with Gasteiger partial charge in [0.15, 0.2) is 5.82 Å². The molecule has 0 bridgehead atoms. The zero-order valence-corrected chi connectivity index (χ0v) is 24.3. The fraction of sp³-hybridized carbons (Fsp3) is 0.0500. The van der Waals surface area contributed by atoms with Gasteiger partial charge in [0.2, 0.25) is 0 Å². The molecule has 2 aromatic heterocycles. The predicted octanol–water partition coefficient (Wildman–Crippen LogP) is 10.4. The van der Waals surface area contributed by atoms with Gasteiger partial charge < -0.3 is 4.57 Å². The van der Waals surface area contributed by atoms with Crippen LogP contribution in [0.5, 0.6) is 0 Å². The molecule has 3 nitrogen and oxygen atoms in total. The minimum Gasteiger partial charge on any atom is -0.313 e. The highest BCUT2D eigenvalue weighted by atomic mass is 15.0. The van der Waals surface area contributed by atoms with Crippen molar-refractivity contribution in [1.29, 1.82) is 0 Å². The number of nitrogens with zero attached hydrogens (tertiary/aromatic N) is 3. The molecule has 0 aliphatic carbocycles. The smallest absolute Gasteiger partial charge is 0.160 e. The van der Waals surface area contributed by atoms with Crippen LogP contribution in [-0.2, 0) is 0 Å². The first-order valence-corrected chi connectivity index (χ1v) is 14.6. The summed E-state index contributed by atoms with van der Waals surface area (Å²) in [4.78, 5) is 10.0. The summed E-state index contributed by atoms with van der Waals surface area (Å²) >= 11 is 0. The summed E-state index contributed by atoms with van der Waals surface area (Å²) in [5.41, 5.74) is 12.1. The maximum Gasteiger partial charge on any atom is 0.160 e. The van der Waals surface area contributed by atoms with E-state index in [9.17, 15) is 0 Å². The lowest BCUT2D eigenvalue weighted by atomic mass is 10.0. The number of para-hydroxylation sites is 1. The van der Waals surface area contributed by atoms with Crippen LogP contribution in [0, 0.1) is 6.92 Å². The molecular weight excluding hydrogens is 522 g/mol. The van der Waals surface area contributed by atoms with Crippen LogP contribution in [0.15, 0.2) is 146 Å². The average Bonchev–Trinajstić information content (AvgIpc) is 3.36. The first-order valence-electron chi connectivity index (χ1n) is 14.6. The third-order valence-electron chi connectivity index (χ3n) is 7.94. The summed E-state index contributed by atoms with van der Waals surface area (Å²) in [6.07, 6.45) is 4.31. The Morgan fingerprint density at radius 3 is 1.77 bits per heavy atom. The molecule has 0 atom stereocenters. The quantitative estimate of drug-likeness (QED) is 0.205. The van der Waals surface area contributed by atoms with Crippen LogP contribution in [0.2, 0.25) is 0 Å². The summed E-state index contributed by atoms with van der Waals surface area (Å²) in [6, 6.07) is 48.6. The van der Waals surface area contributed by atoms with Crippen molar-refractivity contribution in [2.24, 2.45) is 0 Å². The highest BCUT2D eigenvalue weighted by Gasteiger charge is 2.14. The van der Waals surface area contributed by atoms with Gasteiger partial charge >= 0.3 is 0 Å². The fourth-order valence-electron chi connectivity index (χ4n) is 5.83. The average molecular weight is 554 g/mol. The molecular formula is C40H31N3. The molecule has 0 saturated heterocycles. The number of allylic oxidation sites excluding steroid dienone is 1. The van der Waals surface area contributed by atoms with E-state index in [1.807, 2.05) is 36.4 Å². The topological polar surface area (TPSA) is 30.7 Å². The van der Waals surface area contributed by atoms with Crippen LogP contribution in [-0.4, -0.2) is 14.5 Å². The molecule has 0 N–H and O–H groups in total. The lowest BCUT2D eigenvalue weighted by Gasteiger charge is -2.12. The van der Waals surface area contributed by atoms with E-state index in [1.54, 1.807) is 0 Å². The van der Waals surface area contributed by atoms with Gasteiger partial charge in [-0.25, -0.2) is 9.97 Å². The predicted molar refractivity (Wildman–Crippen MR) is 180 cm³/mol. The molecule has 3 heteroatoms. The summed E-state index contributed by atoms with van der Waals surface area (Å²) in [7, 11) is 0. The summed E-state index contributed by atoms with van der Waals surface area (Å²) in [5, 5.41) is 1.27. The van der Waals surface area contributed by atoms with E-state index in [0.717, 1.165) is 44.9 Å². The molecule has 0 radical (unpaired) electrons. The first kappa shape index (κ1) is 26.4. The lowest BCUT2D eigenvalue weighted by molar-refractivity contribution is 1.05. The lowest BCUT2D eigenvalue weighted by Crippen LogP contribution is -1.97. The maximum absolute atomic E-state index is 5.02. The standard InChI is InChI=1S/C40H31N3/c1-3-13-35-28(2)43(39-21-11-10-20-36(35)39)34-24-22-29(23-25-34)32-18-12-19-33(26-32)40-41-37(30-14-6-4-7-15-30)27-38(42-40)31-16-8-5-9-17-31/h3-27H,1-2H3/b13-3-. The number of aromatic nitrogens is 3. The SMILES string of the molecule is C/C=C\c1c(C)n(-c2ccc(-c3cccc(-c4nc(-c5ccccc5)cc(-c5ccccc5)n4)c3)cc2)c2ccccc12. The van der Waals surface area contributed by atoms with Gasteiger partial charge in [-0.2, -0.15) is 0 Å². The molecule has 0 aliphatic heterocycles. The van der Waals surface area contributed by atoms with E-state index in [-0.39, 0.29) is 0 Å². The Morgan fingerprint density at radius 1 is 0.535 bits per heavy atom. The summed E-state index contributed by atoms with van der Waals surface area (Å²) < 4.78 is 2.35. The van der Waals surface area contributed by atoms with Crippen molar-refractivity contribution in [2.45, 2.75) is 13.8 Å². The number of benzene rings is 5. The van der Waals surface area contributed by atoms with E-state index in [2.05, 4.69) is 134 Å². The van der Waals surface area contributed by atoms with Crippen LogP contribution in [0.25, 0.3) is 67.7 Å². The molecule has 206 valence electrons. The third kappa shape index (κ3) is 5.06. The van der Waals surface area contributed by atoms with Crippen LogP contribution >= 0.6 is 0 Å². The van der Waals surface area contributed by atoms with E-state index < -0.39 is 0 Å².